The van der Waals surface area contributed by atoms with E-state index in [2.05, 4.69) is 42.0 Å². The molecular weight excluding hydrogens is 394 g/mol. The number of thiophene rings is 1. The van der Waals surface area contributed by atoms with Gasteiger partial charge >= 0.3 is 0 Å². The number of hydrogen-bond acceptors (Lipinski definition) is 5. The van der Waals surface area contributed by atoms with Crippen LogP contribution in [0.4, 0.5) is 5.69 Å². The lowest BCUT2D eigenvalue weighted by Gasteiger charge is -1.98. The number of halogens is 2. The van der Waals surface area contributed by atoms with E-state index in [4.69, 9.17) is 10.3 Å². The summed E-state index contributed by atoms with van der Waals surface area (Å²) in [5.74, 6) is 1.02. The van der Waals surface area contributed by atoms with Gasteiger partial charge in [0.2, 0.25) is 5.82 Å². The Balaban J connectivity index is 2.01. The fourth-order valence-corrected chi connectivity index (χ4v) is 3.43. The molecule has 0 fully saturated rings. The first-order chi connectivity index (χ1) is 9.11. The summed E-state index contributed by atoms with van der Waals surface area (Å²) in [4.78, 5) is 5.33. The zero-order valence-electron chi connectivity index (χ0n) is 9.43. The van der Waals surface area contributed by atoms with Gasteiger partial charge in [0, 0.05) is 15.7 Å². The molecule has 0 saturated heterocycles. The summed E-state index contributed by atoms with van der Waals surface area (Å²) in [5, 5.41) is 3.98. The molecular formula is C12H7Br2N3OS. The molecule has 7 heteroatoms. The Morgan fingerprint density at radius 3 is 2.68 bits per heavy atom. The monoisotopic (exact) mass is 399 g/mol. The van der Waals surface area contributed by atoms with E-state index in [1.807, 2.05) is 24.3 Å². The van der Waals surface area contributed by atoms with Crippen LogP contribution in [0.25, 0.3) is 22.2 Å². The molecule has 19 heavy (non-hydrogen) atoms. The topological polar surface area (TPSA) is 64.9 Å². The van der Waals surface area contributed by atoms with Crippen LogP contribution in [-0.4, -0.2) is 10.1 Å². The smallest absolute Gasteiger partial charge is 0.258 e. The van der Waals surface area contributed by atoms with Crippen molar-refractivity contribution in [1.82, 2.24) is 10.1 Å². The van der Waals surface area contributed by atoms with Gasteiger partial charge in [0.25, 0.3) is 5.89 Å². The minimum Gasteiger partial charge on any atom is -0.399 e. The predicted molar refractivity (Wildman–Crippen MR) is 82.9 cm³/mol. The molecule has 0 radical (unpaired) electrons. The minimum atomic E-state index is 0.451. The molecule has 0 atom stereocenters. The highest BCUT2D eigenvalue weighted by Crippen LogP contribution is 2.31. The van der Waals surface area contributed by atoms with Gasteiger partial charge in [-0.25, -0.2) is 0 Å². The van der Waals surface area contributed by atoms with E-state index in [-0.39, 0.29) is 0 Å². The van der Waals surface area contributed by atoms with Crippen molar-refractivity contribution in [3.63, 3.8) is 0 Å². The predicted octanol–water partition coefficient (Wildman–Crippen LogP) is 4.57. The van der Waals surface area contributed by atoms with Crippen LogP contribution in [0.1, 0.15) is 0 Å². The van der Waals surface area contributed by atoms with Gasteiger partial charge in [-0.1, -0.05) is 21.1 Å². The summed E-state index contributed by atoms with van der Waals surface area (Å²) >= 11 is 8.35. The Hall–Kier alpha value is -1.18. The molecule has 2 aromatic heterocycles. The van der Waals surface area contributed by atoms with Crippen LogP contribution in [0, 0.1) is 0 Å². The molecule has 0 amide bonds. The molecule has 0 bridgehead atoms. The van der Waals surface area contributed by atoms with Gasteiger partial charge in [-0.05, 0) is 46.3 Å². The first kappa shape index (κ1) is 12.8. The molecule has 0 saturated carbocycles. The van der Waals surface area contributed by atoms with Crippen LogP contribution in [0.15, 0.2) is 43.1 Å². The van der Waals surface area contributed by atoms with Crippen LogP contribution < -0.4 is 5.73 Å². The lowest BCUT2D eigenvalue weighted by molar-refractivity contribution is 0.432. The highest BCUT2D eigenvalue weighted by Gasteiger charge is 2.13. The summed E-state index contributed by atoms with van der Waals surface area (Å²) in [6.07, 6.45) is 0. The van der Waals surface area contributed by atoms with E-state index < -0.39 is 0 Å². The van der Waals surface area contributed by atoms with Crippen molar-refractivity contribution in [3.8, 4) is 22.2 Å². The number of aromatic nitrogens is 2. The standard InChI is InChI=1S/C12H7Br2N3OS/c13-7-3-6(4-8(15)5-7)12-16-11(17-18-12)9-1-2-10(14)19-9/h1-5H,15H2. The second-order valence-electron chi connectivity index (χ2n) is 3.80. The van der Waals surface area contributed by atoms with Crippen LogP contribution in [0.2, 0.25) is 0 Å². The lowest BCUT2D eigenvalue weighted by atomic mass is 10.2. The molecule has 1 aromatic carbocycles. The summed E-state index contributed by atoms with van der Waals surface area (Å²) in [5.41, 5.74) is 7.23. The largest absolute Gasteiger partial charge is 0.399 e. The second kappa shape index (κ2) is 5.07. The van der Waals surface area contributed by atoms with Crippen molar-refractivity contribution in [3.05, 3.63) is 38.6 Å². The van der Waals surface area contributed by atoms with Gasteiger partial charge < -0.3 is 10.3 Å². The van der Waals surface area contributed by atoms with Gasteiger partial charge in [0.1, 0.15) is 0 Å². The van der Waals surface area contributed by atoms with Gasteiger partial charge in [-0.3, -0.25) is 0 Å². The fourth-order valence-electron chi connectivity index (χ4n) is 1.61. The van der Waals surface area contributed by atoms with E-state index >= 15 is 0 Å². The van der Waals surface area contributed by atoms with E-state index in [1.54, 1.807) is 17.4 Å². The van der Waals surface area contributed by atoms with Crippen LogP contribution in [0.3, 0.4) is 0 Å². The summed E-state index contributed by atoms with van der Waals surface area (Å²) < 4.78 is 7.18. The van der Waals surface area contributed by atoms with Crippen molar-refractivity contribution >= 4 is 48.9 Å². The number of anilines is 1. The molecule has 0 spiro atoms. The number of benzene rings is 1. The Bertz CT molecular complexity index is 718. The van der Waals surface area contributed by atoms with E-state index in [9.17, 15) is 0 Å². The number of hydrogen-bond donors (Lipinski definition) is 1. The van der Waals surface area contributed by atoms with Crippen LogP contribution >= 0.6 is 43.2 Å². The molecule has 2 heterocycles. The quantitative estimate of drug-likeness (QED) is 0.639. The maximum absolute atomic E-state index is 5.79. The molecule has 96 valence electrons. The van der Waals surface area contributed by atoms with E-state index in [0.29, 0.717) is 17.4 Å². The average molecular weight is 401 g/mol. The zero-order valence-corrected chi connectivity index (χ0v) is 13.4. The number of nitrogens with zero attached hydrogens (tertiary/aromatic N) is 2. The highest BCUT2D eigenvalue weighted by atomic mass is 79.9. The SMILES string of the molecule is Nc1cc(Br)cc(-c2nc(-c3ccc(Br)s3)no2)c1. The van der Waals surface area contributed by atoms with Crippen molar-refractivity contribution in [1.29, 1.82) is 0 Å². The third-order valence-electron chi connectivity index (χ3n) is 2.39. The van der Waals surface area contributed by atoms with Gasteiger partial charge in [-0.2, -0.15) is 4.98 Å². The number of nitrogen functional groups attached to an aromatic ring is 1. The van der Waals surface area contributed by atoms with Gasteiger partial charge in [-0.15, -0.1) is 11.3 Å². The first-order valence-electron chi connectivity index (χ1n) is 5.28. The average Bonchev–Trinajstić information content (AvgIpc) is 2.95. The van der Waals surface area contributed by atoms with E-state index in [0.717, 1.165) is 18.7 Å². The Labute approximate surface area is 129 Å². The molecule has 0 aliphatic heterocycles. The van der Waals surface area contributed by atoms with Crippen molar-refractivity contribution in [2.45, 2.75) is 0 Å². The zero-order chi connectivity index (χ0) is 13.4. The first-order valence-corrected chi connectivity index (χ1v) is 7.68. The lowest BCUT2D eigenvalue weighted by Crippen LogP contribution is -1.86. The van der Waals surface area contributed by atoms with Crippen LogP contribution in [-0.2, 0) is 0 Å². The Morgan fingerprint density at radius 1 is 1.16 bits per heavy atom. The van der Waals surface area contributed by atoms with Gasteiger partial charge in [0.05, 0.1) is 8.66 Å². The maximum atomic E-state index is 5.79. The molecule has 0 aliphatic rings. The highest BCUT2D eigenvalue weighted by molar-refractivity contribution is 9.11. The normalized spacial score (nSPS) is 10.8. The summed E-state index contributed by atoms with van der Waals surface area (Å²) in [6, 6.07) is 9.40. The molecule has 0 aliphatic carbocycles. The molecule has 3 rings (SSSR count). The molecule has 0 unspecified atom stereocenters. The third-order valence-corrected chi connectivity index (χ3v) is 4.46. The van der Waals surface area contributed by atoms with Crippen LogP contribution in [0.5, 0.6) is 0 Å². The van der Waals surface area contributed by atoms with Crippen molar-refractivity contribution in [2.75, 3.05) is 5.73 Å². The van der Waals surface area contributed by atoms with Gasteiger partial charge in [0.15, 0.2) is 0 Å². The van der Waals surface area contributed by atoms with Crippen molar-refractivity contribution in [2.24, 2.45) is 0 Å². The molecule has 3 aromatic rings. The number of rotatable bonds is 2. The number of nitrogens with two attached hydrogens (primary N) is 1. The van der Waals surface area contributed by atoms with E-state index in [1.165, 1.54) is 0 Å². The minimum absolute atomic E-state index is 0.451. The Kier molecular flexibility index (Phi) is 3.42. The molecule has 2 N–H and O–H groups in total. The molecule has 4 nitrogen and oxygen atoms in total. The Morgan fingerprint density at radius 2 is 2.00 bits per heavy atom. The van der Waals surface area contributed by atoms with Crippen molar-refractivity contribution < 1.29 is 4.52 Å². The third kappa shape index (κ3) is 2.72. The summed E-state index contributed by atoms with van der Waals surface area (Å²) in [6.45, 7) is 0. The summed E-state index contributed by atoms with van der Waals surface area (Å²) in [7, 11) is 0. The fraction of sp³-hybridized carbons (Fsp3) is 0. The maximum Gasteiger partial charge on any atom is 0.258 e. The second-order valence-corrected chi connectivity index (χ2v) is 7.18.